The minimum absolute atomic E-state index is 0.187. The second-order valence-electron chi connectivity index (χ2n) is 4.31. The largest absolute Gasteiger partial charge is 0.381 e. The number of ether oxygens (including phenoxy) is 1. The van der Waals surface area contributed by atoms with Gasteiger partial charge in [0.15, 0.2) is 0 Å². The Bertz CT molecular complexity index is 317. The summed E-state index contributed by atoms with van der Waals surface area (Å²) in [6.07, 6.45) is 2.13. The highest BCUT2D eigenvalue weighted by Crippen LogP contribution is 2.31. The second-order valence-corrected chi connectivity index (χ2v) is 5.56. The Morgan fingerprint density at radius 2 is 2.07 bits per heavy atom. The van der Waals surface area contributed by atoms with Crippen LogP contribution in [0.15, 0.2) is 24.3 Å². The minimum Gasteiger partial charge on any atom is -0.381 e. The summed E-state index contributed by atoms with van der Waals surface area (Å²) in [7, 11) is 0. The molecular formula is C12H16INO. The molecule has 1 heterocycles. The van der Waals surface area contributed by atoms with Gasteiger partial charge in [0.05, 0.1) is 6.61 Å². The van der Waals surface area contributed by atoms with Crippen molar-refractivity contribution in [3.63, 3.8) is 0 Å². The molecule has 1 aliphatic rings. The van der Waals surface area contributed by atoms with Gasteiger partial charge in [0.1, 0.15) is 0 Å². The molecule has 2 rings (SSSR count). The van der Waals surface area contributed by atoms with Crippen LogP contribution in [0.5, 0.6) is 0 Å². The lowest BCUT2D eigenvalue weighted by Gasteiger charge is -2.25. The Labute approximate surface area is 104 Å². The first kappa shape index (κ1) is 11.4. The van der Waals surface area contributed by atoms with Crippen molar-refractivity contribution in [1.29, 1.82) is 0 Å². The fraction of sp³-hybridized carbons (Fsp3) is 0.500. The summed E-state index contributed by atoms with van der Waals surface area (Å²) in [5.74, 6) is 0. The predicted molar refractivity (Wildman–Crippen MR) is 69.8 cm³/mol. The van der Waals surface area contributed by atoms with Gasteiger partial charge < -0.3 is 10.5 Å². The van der Waals surface area contributed by atoms with Gasteiger partial charge in [0.2, 0.25) is 0 Å². The van der Waals surface area contributed by atoms with Crippen LogP contribution in [-0.4, -0.2) is 19.8 Å². The normalized spacial score (nSPS) is 25.7. The number of hydrogen-bond acceptors (Lipinski definition) is 2. The van der Waals surface area contributed by atoms with E-state index in [0.29, 0.717) is 0 Å². The zero-order valence-electron chi connectivity index (χ0n) is 8.71. The molecule has 1 saturated heterocycles. The molecule has 2 nitrogen and oxygen atoms in total. The highest BCUT2D eigenvalue weighted by Gasteiger charge is 2.33. The molecule has 0 amide bonds. The van der Waals surface area contributed by atoms with Crippen LogP contribution in [0.3, 0.4) is 0 Å². The first-order chi connectivity index (χ1) is 7.24. The van der Waals surface area contributed by atoms with Crippen LogP contribution in [0, 0.1) is 8.99 Å². The summed E-state index contributed by atoms with van der Waals surface area (Å²) >= 11 is 2.32. The Balaban J connectivity index is 2.09. The predicted octanol–water partition coefficient (Wildman–Crippen LogP) is 2.20. The Morgan fingerprint density at radius 3 is 2.60 bits per heavy atom. The van der Waals surface area contributed by atoms with E-state index in [2.05, 4.69) is 46.9 Å². The number of nitrogens with two attached hydrogens (primary N) is 1. The van der Waals surface area contributed by atoms with Crippen molar-refractivity contribution in [1.82, 2.24) is 0 Å². The first-order valence-electron chi connectivity index (χ1n) is 5.26. The summed E-state index contributed by atoms with van der Waals surface area (Å²) in [5.41, 5.74) is 7.42. The summed E-state index contributed by atoms with van der Waals surface area (Å²) in [6.45, 7) is 2.40. The molecule has 1 fully saturated rings. The van der Waals surface area contributed by atoms with E-state index < -0.39 is 0 Å². The van der Waals surface area contributed by atoms with E-state index in [9.17, 15) is 0 Å². The highest BCUT2D eigenvalue weighted by molar-refractivity contribution is 14.1. The van der Waals surface area contributed by atoms with Crippen molar-refractivity contribution in [2.24, 2.45) is 11.1 Å². The lowest BCUT2D eigenvalue weighted by atomic mass is 9.81. The van der Waals surface area contributed by atoms with E-state index in [-0.39, 0.29) is 5.41 Å². The van der Waals surface area contributed by atoms with Gasteiger partial charge in [0, 0.05) is 22.1 Å². The number of benzene rings is 1. The zero-order valence-corrected chi connectivity index (χ0v) is 10.9. The molecule has 0 aliphatic carbocycles. The third-order valence-electron chi connectivity index (χ3n) is 3.11. The van der Waals surface area contributed by atoms with Gasteiger partial charge in [-0.3, -0.25) is 0 Å². The summed E-state index contributed by atoms with van der Waals surface area (Å²) < 4.78 is 6.74. The molecule has 1 atom stereocenters. The van der Waals surface area contributed by atoms with Gasteiger partial charge >= 0.3 is 0 Å². The second kappa shape index (κ2) is 4.80. The Kier molecular flexibility index (Phi) is 3.64. The van der Waals surface area contributed by atoms with Crippen molar-refractivity contribution in [2.45, 2.75) is 12.8 Å². The Morgan fingerprint density at radius 1 is 1.33 bits per heavy atom. The van der Waals surface area contributed by atoms with Crippen LogP contribution in [0.25, 0.3) is 0 Å². The first-order valence-corrected chi connectivity index (χ1v) is 6.34. The molecule has 2 N–H and O–H groups in total. The molecule has 15 heavy (non-hydrogen) atoms. The van der Waals surface area contributed by atoms with Crippen molar-refractivity contribution < 1.29 is 4.74 Å². The van der Waals surface area contributed by atoms with Crippen LogP contribution >= 0.6 is 22.6 Å². The number of hydrogen-bond donors (Lipinski definition) is 1. The minimum atomic E-state index is 0.187. The lowest BCUT2D eigenvalue weighted by molar-refractivity contribution is 0.154. The molecule has 1 aromatic carbocycles. The van der Waals surface area contributed by atoms with Gasteiger partial charge in [-0.1, -0.05) is 12.1 Å². The van der Waals surface area contributed by atoms with Gasteiger partial charge in [0.25, 0.3) is 0 Å². The van der Waals surface area contributed by atoms with Gasteiger partial charge in [-0.15, -0.1) is 0 Å². The van der Waals surface area contributed by atoms with Gasteiger partial charge in [-0.2, -0.15) is 0 Å². The third-order valence-corrected chi connectivity index (χ3v) is 3.83. The van der Waals surface area contributed by atoms with Crippen molar-refractivity contribution in [3.05, 3.63) is 33.4 Å². The molecule has 82 valence electrons. The maximum Gasteiger partial charge on any atom is 0.0538 e. The van der Waals surface area contributed by atoms with Crippen LogP contribution in [0.4, 0.5) is 0 Å². The molecule has 3 heteroatoms. The van der Waals surface area contributed by atoms with Crippen LogP contribution < -0.4 is 5.73 Å². The van der Waals surface area contributed by atoms with E-state index in [1.54, 1.807) is 0 Å². The van der Waals surface area contributed by atoms with Gasteiger partial charge in [-0.05, 0) is 53.1 Å². The zero-order chi connectivity index (χ0) is 10.7. The van der Waals surface area contributed by atoms with Crippen molar-refractivity contribution in [3.8, 4) is 0 Å². The van der Waals surface area contributed by atoms with E-state index in [0.717, 1.165) is 32.6 Å². The fourth-order valence-corrected chi connectivity index (χ4v) is 2.42. The van der Waals surface area contributed by atoms with Crippen LogP contribution in [-0.2, 0) is 11.2 Å². The fourth-order valence-electron chi connectivity index (χ4n) is 2.06. The topological polar surface area (TPSA) is 35.2 Å². The number of rotatable bonds is 3. The quantitative estimate of drug-likeness (QED) is 0.868. The van der Waals surface area contributed by atoms with Crippen molar-refractivity contribution in [2.75, 3.05) is 19.8 Å². The molecule has 1 unspecified atom stereocenters. The smallest absolute Gasteiger partial charge is 0.0538 e. The molecule has 1 aromatic rings. The molecule has 0 bridgehead atoms. The standard InChI is InChI=1S/C12H16INO/c13-11-3-1-10(2-4-11)7-12(8-14)5-6-15-9-12/h1-4H,5-9,14H2. The maximum absolute atomic E-state index is 5.87. The molecular weight excluding hydrogens is 301 g/mol. The average molecular weight is 317 g/mol. The molecule has 0 spiro atoms. The number of halogens is 1. The maximum atomic E-state index is 5.87. The van der Waals surface area contributed by atoms with E-state index in [1.165, 1.54) is 9.13 Å². The van der Waals surface area contributed by atoms with Crippen molar-refractivity contribution >= 4 is 22.6 Å². The summed E-state index contributed by atoms with van der Waals surface area (Å²) in [4.78, 5) is 0. The summed E-state index contributed by atoms with van der Waals surface area (Å²) in [6, 6.07) is 8.68. The molecule has 0 saturated carbocycles. The van der Waals surface area contributed by atoms with E-state index in [4.69, 9.17) is 10.5 Å². The van der Waals surface area contributed by atoms with E-state index in [1.807, 2.05) is 0 Å². The Hall–Kier alpha value is -0.130. The van der Waals surface area contributed by atoms with Crippen LogP contribution in [0.2, 0.25) is 0 Å². The lowest BCUT2D eigenvalue weighted by Crippen LogP contribution is -2.33. The highest BCUT2D eigenvalue weighted by atomic mass is 127. The van der Waals surface area contributed by atoms with E-state index >= 15 is 0 Å². The molecule has 1 aliphatic heterocycles. The molecule has 0 aromatic heterocycles. The monoisotopic (exact) mass is 317 g/mol. The summed E-state index contributed by atoms with van der Waals surface area (Å²) in [5, 5.41) is 0. The van der Waals surface area contributed by atoms with Crippen LogP contribution in [0.1, 0.15) is 12.0 Å². The average Bonchev–Trinajstić information content (AvgIpc) is 2.71. The third kappa shape index (κ3) is 2.71. The SMILES string of the molecule is NCC1(Cc2ccc(I)cc2)CCOC1. The van der Waals surface area contributed by atoms with Gasteiger partial charge in [-0.25, -0.2) is 0 Å². The molecule has 0 radical (unpaired) electrons.